The summed E-state index contributed by atoms with van der Waals surface area (Å²) in [6.45, 7) is 4.11. The van der Waals surface area contributed by atoms with E-state index in [9.17, 15) is 9.59 Å². The standard InChI is InChI=1S/C24H24NO3P/c1-17-6-10-20(11-7-17)29(21-12-8-18(2)9-13-21)23(15-22(26)24(27)28-3)19-5-4-14-25-16-19/h4-14,16,23H,15H2,1-3H3/t23-/m0/s1. The lowest BCUT2D eigenvalue weighted by atomic mass is 10.1. The topological polar surface area (TPSA) is 56.3 Å². The molecule has 0 fully saturated rings. The van der Waals surface area contributed by atoms with Crippen molar-refractivity contribution in [2.24, 2.45) is 0 Å². The Balaban J connectivity index is 2.13. The maximum atomic E-state index is 12.5. The lowest BCUT2D eigenvalue weighted by Crippen LogP contribution is -2.23. The Kier molecular flexibility index (Phi) is 6.90. The normalized spacial score (nSPS) is 11.9. The number of Topliss-reactive ketones (excluding diaryl/α,β-unsaturated/α-hetero) is 1. The third-order valence-electron chi connectivity index (χ3n) is 4.80. The van der Waals surface area contributed by atoms with Crippen LogP contribution in [0.5, 0.6) is 0 Å². The zero-order chi connectivity index (χ0) is 20.8. The van der Waals surface area contributed by atoms with Crippen molar-refractivity contribution in [3.63, 3.8) is 0 Å². The van der Waals surface area contributed by atoms with Gasteiger partial charge in [-0.2, -0.15) is 0 Å². The lowest BCUT2D eigenvalue weighted by molar-refractivity contribution is -0.151. The highest BCUT2D eigenvalue weighted by Gasteiger charge is 2.31. The Labute approximate surface area is 172 Å². The average Bonchev–Trinajstić information content (AvgIpc) is 2.75. The van der Waals surface area contributed by atoms with Crippen LogP contribution in [0.1, 0.15) is 28.8 Å². The van der Waals surface area contributed by atoms with Crippen molar-refractivity contribution in [1.29, 1.82) is 0 Å². The zero-order valence-electron chi connectivity index (χ0n) is 16.8. The SMILES string of the molecule is COC(=O)C(=O)C[C@@H](c1cccnc1)P(c1ccc(C)cc1)c1ccc(C)cc1. The van der Waals surface area contributed by atoms with Gasteiger partial charge in [0.1, 0.15) is 0 Å². The number of carbonyl (C=O) groups excluding carboxylic acids is 2. The first-order valence-corrected chi connectivity index (χ1v) is 10.8. The molecule has 5 heteroatoms. The van der Waals surface area contributed by atoms with Crippen molar-refractivity contribution < 1.29 is 14.3 Å². The van der Waals surface area contributed by atoms with Gasteiger partial charge in [0.05, 0.1) is 7.11 Å². The van der Waals surface area contributed by atoms with Crippen LogP contribution in [-0.4, -0.2) is 23.8 Å². The first-order chi connectivity index (χ1) is 14.0. The number of ketones is 1. The van der Waals surface area contributed by atoms with Gasteiger partial charge < -0.3 is 4.74 Å². The first kappa shape index (κ1) is 20.9. The molecule has 0 spiro atoms. The third-order valence-corrected chi connectivity index (χ3v) is 7.61. The van der Waals surface area contributed by atoms with E-state index in [0.29, 0.717) is 0 Å². The number of aromatic nitrogens is 1. The Morgan fingerprint density at radius 1 is 0.931 bits per heavy atom. The van der Waals surface area contributed by atoms with Gasteiger partial charge in [0.15, 0.2) is 0 Å². The number of esters is 1. The minimum atomic E-state index is -0.946. The van der Waals surface area contributed by atoms with Crippen LogP contribution < -0.4 is 10.6 Å². The molecule has 0 aliphatic heterocycles. The van der Waals surface area contributed by atoms with Crippen molar-refractivity contribution in [3.05, 3.63) is 89.7 Å². The molecule has 0 aliphatic carbocycles. The van der Waals surface area contributed by atoms with Crippen LogP contribution in [0.4, 0.5) is 0 Å². The van der Waals surface area contributed by atoms with Gasteiger partial charge in [-0.25, -0.2) is 4.79 Å². The molecular weight excluding hydrogens is 381 g/mol. The van der Waals surface area contributed by atoms with E-state index in [1.165, 1.54) is 18.2 Å². The molecule has 0 bridgehead atoms. The molecule has 4 nitrogen and oxygen atoms in total. The predicted octanol–water partition coefficient (Wildman–Crippen LogP) is 4.00. The Morgan fingerprint density at radius 2 is 1.48 bits per heavy atom. The number of carbonyl (C=O) groups is 2. The van der Waals surface area contributed by atoms with Crippen molar-refractivity contribution in [2.75, 3.05) is 7.11 Å². The van der Waals surface area contributed by atoms with E-state index in [0.717, 1.165) is 16.2 Å². The number of pyridine rings is 1. The lowest BCUT2D eigenvalue weighted by Gasteiger charge is -2.28. The van der Waals surface area contributed by atoms with Gasteiger partial charge in [0, 0.05) is 24.5 Å². The van der Waals surface area contributed by atoms with E-state index in [4.69, 9.17) is 0 Å². The summed E-state index contributed by atoms with van der Waals surface area (Å²) in [5, 5.41) is 2.31. The molecule has 3 aromatic rings. The molecule has 0 saturated carbocycles. The molecular formula is C24H24NO3P. The average molecular weight is 405 g/mol. The van der Waals surface area contributed by atoms with Crippen molar-refractivity contribution >= 4 is 30.3 Å². The monoisotopic (exact) mass is 405 g/mol. The molecule has 0 amide bonds. The molecule has 29 heavy (non-hydrogen) atoms. The summed E-state index contributed by atoms with van der Waals surface area (Å²) in [6, 6.07) is 20.6. The fourth-order valence-electron chi connectivity index (χ4n) is 3.22. The number of nitrogens with zero attached hydrogens (tertiary/aromatic N) is 1. The summed E-state index contributed by atoms with van der Waals surface area (Å²) in [7, 11) is 0.292. The van der Waals surface area contributed by atoms with E-state index < -0.39 is 19.7 Å². The number of rotatable bonds is 7. The Bertz CT molecular complexity index is 924. The van der Waals surface area contributed by atoms with E-state index in [1.54, 1.807) is 12.4 Å². The second-order valence-corrected chi connectivity index (χ2v) is 9.36. The van der Waals surface area contributed by atoms with Crippen LogP contribution in [0.25, 0.3) is 0 Å². The Morgan fingerprint density at radius 3 is 1.93 bits per heavy atom. The maximum Gasteiger partial charge on any atom is 0.374 e. The minimum Gasteiger partial charge on any atom is -0.463 e. The van der Waals surface area contributed by atoms with Crippen LogP contribution >= 0.6 is 7.92 Å². The molecule has 0 radical (unpaired) electrons. The van der Waals surface area contributed by atoms with Gasteiger partial charge in [-0.1, -0.05) is 65.7 Å². The molecule has 2 aromatic carbocycles. The van der Waals surface area contributed by atoms with Gasteiger partial charge in [-0.15, -0.1) is 0 Å². The van der Waals surface area contributed by atoms with E-state index in [2.05, 4.69) is 72.1 Å². The zero-order valence-corrected chi connectivity index (χ0v) is 17.7. The second-order valence-electron chi connectivity index (χ2n) is 6.96. The van der Waals surface area contributed by atoms with Gasteiger partial charge in [0.25, 0.3) is 0 Å². The number of hydrogen-bond donors (Lipinski definition) is 0. The van der Waals surface area contributed by atoms with E-state index >= 15 is 0 Å². The van der Waals surface area contributed by atoms with Crippen molar-refractivity contribution in [1.82, 2.24) is 4.98 Å². The van der Waals surface area contributed by atoms with Crippen LogP contribution in [0, 0.1) is 13.8 Å². The summed E-state index contributed by atoms with van der Waals surface area (Å²) in [4.78, 5) is 28.7. The fraction of sp³-hybridized carbons (Fsp3) is 0.208. The quantitative estimate of drug-likeness (QED) is 0.339. The second kappa shape index (κ2) is 9.58. The predicted molar refractivity (Wildman–Crippen MR) is 117 cm³/mol. The number of benzene rings is 2. The maximum absolute atomic E-state index is 12.5. The summed E-state index contributed by atoms with van der Waals surface area (Å²) < 4.78 is 4.67. The van der Waals surface area contributed by atoms with E-state index in [1.807, 2.05) is 12.1 Å². The summed E-state index contributed by atoms with van der Waals surface area (Å²) in [6.07, 6.45) is 3.57. The third kappa shape index (κ3) is 5.16. The molecule has 3 rings (SSSR count). The highest BCUT2D eigenvalue weighted by Crippen LogP contribution is 2.51. The number of ether oxygens (including phenoxy) is 1. The highest BCUT2D eigenvalue weighted by atomic mass is 31.1. The van der Waals surface area contributed by atoms with Gasteiger partial charge in [0.2, 0.25) is 5.78 Å². The largest absolute Gasteiger partial charge is 0.463 e. The number of hydrogen-bond acceptors (Lipinski definition) is 4. The molecule has 0 unspecified atom stereocenters. The molecule has 0 aliphatic rings. The van der Waals surface area contributed by atoms with Crippen LogP contribution in [0.2, 0.25) is 0 Å². The van der Waals surface area contributed by atoms with Crippen LogP contribution in [-0.2, 0) is 14.3 Å². The molecule has 1 aromatic heterocycles. The van der Waals surface area contributed by atoms with E-state index in [-0.39, 0.29) is 12.1 Å². The van der Waals surface area contributed by atoms with Crippen LogP contribution in [0.3, 0.4) is 0 Å². The van der Waals surface area contributed by atoms with Crippen molar-refractivity contribution in [3.8, 4) is 0 Å². The van der Waals surface area contributed by atoms with Gasteiger partial charge in [-0.3, -0.25) is 9.78 Å². The molecule has 148 valence electrons. The summed E-state index contributed by atoms with van der Waals surface area (Å²) >= 11 is 0. The molecule has 0 N–H and O–H groups in total. The van der Waals surface area contributed by atoms with Crippen LogP contribution in [0.15, 0.2) is 73.1 Å². The summed E-state index contributed by atoms with van der Waals surface area (Å²) in [5.41, 5.74) is 3.11. The van der Waals surface area contributed by atoms with Crippen molar-refractivity contribution in [2.45, 2.75) is 25.9 Å². The molecule has 0 saturated heterocycles. The smallest absolute Gasteiger partial charge is 0.374 e. The number of methoxy groups -OCH3 is 1. The minimum absolute atomic E-state index is 0.0752. The van der Waals surface area contributed by atoms with Gasteiger partial charge in [-0.05, 0) is 44.0 Å². The Hall–Kier alpha value is -2.84. The fourth-order valence-corrected chi connectivity index (χ4v) is 5.98. The number of aryl methyl sites for hydroxylation is 2. The van der Waals surface area contributed by atoms with Gasteiger partial charge >= 0.3 is 5.97 Å². The first-order valence-electron chi connectivity index (χ1n) is 9.43. The molecule has 1 atom stereocenters. The molecule has 1 heterocycles. The highest BCUT2D eigenvalue weighted by molar-refractivity contribution is 7.73. The summed E-state index contributed by atoms with van der Waals surface area (Å²) in [5.74, 6) is -1.32.